The van der Waals surface area contributed by atoms with Crippen LogP contribution in [0.3, 0.4) is 0 Å². The number of hydrogen-bond acceptors (Lipinski definition) is 3. The first-order valence-corrected chi connectivity index (χ1v) is 8.53. The van der Waals surface area contributed by atoms with Gasteiger partial charge in [0.1, 0.15) is 17.2 Å². The Morgan fingerprint density at radius 2 is 1.33 bits per heavy atom. The predicted molar refractivity (Wildman–Crippen MR) is 104 cm³/mol. The van der Waals surface area contributed by atoms with Crippen LogP contribution in [0, 0.1) is 0 Å². The largest absolute Gasteiger partial charge is 0.508 e. The summed E-state index contributed by atoms with van der Waals surface area (Å²) >= 11 is 0. The van der Waals surface area contributed by atoms with Crippen LogP contribution >= 0.6 is 0 Å². The molecule has 3 heteroatoms. The summed E-state index contributed by atoms with van der Waals surface area (Å²) in [7, 11) is 0. The van der Waals surface area contributed by atoms with Crippen LogP contribution in [0.4, 0.5) is 0 Å². The maximum absolute atomic E-state index is 9.61. The minimum atomic E-state index is 0.177. The van der Waals surface area contributed by atoms with Crippen molar-refractivity contribution < 1.29 is 14.9 Å². The van der Waals surface area contributed by atoms with Gasteiger partial charge in [0.05, 0.1) is 6.61 Å². The van der Waals surface area contributed by atoms with E-state index in [2.05, 4.69) is 13.8 Å². The van der Waals surface area contributed by atoms with E-state index < -0.39 is 0 Å². The fourth-order valence-electron chi connectivity index (χ4n) is 1.73. The van der Waals surface area contributed by atoms with Crippen LogP contribution in [-0.4, -0.2) is 16.8 Å². The molecule has 2 aromatic rings. The minimum Gasteiger partial charge on any atom is -0.508 e. The number of phenols is 2. The monoisotopic (exact) mass is 330 g/mol. The third kappa shape index (κ3) is 8.89. The summed E-state index contributed by atoms with van der Waals surface area (Å²) in [5.41, 5.74) is 1.83. The van der Waals surface area contributed by atoms with Gasteiger partial charge in [-0.15, -0.1) is 0 Å². The molecule has 0 aliphatic rings. The molecule has 24 heavy (non-hydrogen) atoms. The standard InChI is InChI=1S/C16H16O3.C3H8.C2H6/c1-2-19-16-10-13(9-15(18)11-16)4-3-12-5-7-14(17)8-6-12;1-3-2;1-2/h3-11,17-18H,2H2,1H3;3H2,1-2H3;1-2H3/b4-3+;;. The zero-order chi connectivity index (χ0) is 18.4. The maximum Gasteiger partial charge on any atom is 0.123 e. The van der Waals surface area contributed by atoms with Crippen LogP contribution in [0.2, 0.25) is 0 Å². The molecular formula is C21H30O3. The van der Waals surface area contributed by atoms with E-state index in [9.17, 15) is 10.2 Å². The van der Waals surface area contributed by atoms with Crippen LogP contribution in [0.5, 0.6) is 17.2 Å². The van der Waals surface area contributed by atoms with Gasteiger partial charge in [0, 0.05) is 6.07 Å². The third-order valence-corrected chi connectivity index (χ3v) is 2.59. The molecule has 0 saturated heterocycles. The lowest BCUT2D eigenvalue weighted by Gasteiger charge is -2.05. The summed E-state index contributed by atoms with van der Waals surface area (Å²) in [4.78, 5) is 0. The topological polar surface area (TPSA) is 49.7 Å². The Kier molecular flexibility index (Phi) is 11.7. The Labute approximate surface area is 146 Å². The summed E-state index contributed by atoms with van der Waals surface area (Å²) in [6, 6.07) is 12.0. The first-order valence-electron chi connectivity index (χ1n) is 8.53. The van der Waals surface area contributed by atoms with Crippen molar-refractivity contribution in [2.24, 2.45) is 0 Å². The first kappa shape index (κ1) is 21.6. The zero-order valence-corrected chi connectivity index (χ0v) is 15.4. The molecule has 2 aromatic carbocycles. The SMILES string of the molecule is CC.CCC.CCOc1cc(O)cc(/C=C/c2ccc(O)cc2)c1. The van der Waals surface area contributed by atoms with E-state index >= 15 is 0 Å². The highest BCUT2D eigenvalue weighted by atomic mass is 16.5. The lowest BCUT2D eigenvalue weighted by atomic mass is 10.1. The van der Waals surface area contributed by atoms with Gasteiger partial charge in [-0.1, -0.05) is 58.4 Å². The van der Waals surface area contributed by atoms with Crippen LogP contribution in [0.15, 0.2) is 42.5 Å². The molecule has 0 spiro atoms. The lowest BCUT2D eigenvalue weighted by Crippen LogP contribution is -1.91. The van der Waals surface area contributed by atoms with Gasteiger partial charge in [0.2, 0.25) is 0 Å². The van der Waals surface area contributed by atoms with Crippen molar-refractivity contribution in [3.8, 4) is 17.2 Å². The number of hydrogen-bond donors (Lipinski definition) is 2. The van der Waals surface area contributed by atoms with Crippen LogP contribution in [-0.2, 0) is 0 Å². The summed E-state index contributed by atoms with van der Waals surface area (Å²) in [6.45, 7) is 10.7. The quantitative estimate of drug-likeness (QED) is 0.665. The van der Waals surface area contributed by atoms with Gasteiger partial charge >= 0.3 is 0 Å². The summed E-state index contributed by atoms with van der Waals surface area (Å²) in [6.07, 6.45) is 5.04. The van der Waals surface area contributed by atoms with Crippen molar-refractivity contribution >= 4 is 12.2 Å². The van der Waals surface area contributed by atoms with Crippen molar-refractivity contribution in [2.45, 2.75) is 41.0 Å². The molecule has 0 aromatic heterocycles. The molecule has 0 heterocycles. The minimum absolute atomic E-state index is 0.177. The second-order valence-electron chi connectivity index (χ2n) is 4.83. The normalized spacial score (nSPS) is 9.54. The molecule has 3 nitrogen and oxygen atoms in total. The van der Waals surface area contributed by atoms with E-state index in [1.54, 1.807) is 24.3 Å². The number of phenolic OH excluding ortho intramolecular Hbond substituents is 2. The average molecular weight is 330 g/mol. The Morgan fingerprint density at radius 1 is 0.792 bits per heavy atom. The van der Waals surface area contributed by atoms with Gasteiger partial charge in [0.15, 0.2) is 0 Å². The molecule has 0 saturated carbocycles. The number of benzene rings is 2. The van der Waals surface area contributed by atoms with Gasteiger partial charge in [0.25, 0.3) is 0 Å². The first-order chi connectivity index (χ1) is 11.6. The fourth-order valence-corrected chi connectivity index (χ4v) is 1.73. The molecule has 0 amide bonds. The van der Waals surface area contributed by atoms with Crippen LogP contribution in [0.1, 0.15) is 52.2 Å². The Morgan fingerprint density at radius 3 is 1.88 bits per heavy atom. The highest BCUT2D eigenvalue weighted by molar-refractivity contribution is 5.71. The maximum atomic E-state index is 9.61. The van der Waals surface area contributed by atoms with E-state index in [0.29, 0.717) is 12.4 Å². The summed E-state index contributed by atoms with van der Waals surface area (Å²) < 4.78 is 5.37. The van der Waals surface area contributed by atoms with E-state index in [4.69, 9.17) is 4.74 Å². The van der Waals surface area contributed by atoms with Gasteiger partial charge in [-0.3, -0.25) is 0 Å². The van der Waals surface area contributed by atoms with E-state index in [1.807, 2.05) is 51.1 Å². The molecule has 2 rings (SSSR count). The molecule has 0 unspecified atom stereocenters. The molecule has 0 radical (unpaired) electrons. The fraction of sp³-hybridized carbons (Fsp3) is 0.333. The van der Waals surface area contributed by atoms with Crippen LogP contribution in [0.25, 0.3) is 12.2 Å². The van der Waals surface area contributed by atoms with Crippen molar-refractivity contribution in [1.82, 2.24) is 0 Å². The highest BCUT2D eigenvalue weighted by Crippen LogP contribution is 2.23. The van der Waals surface area contributed by atoms with E-state index in [-0.39, 0.29) is 11.5 Å². The van der Waals surface area contributed by atoms with Gasteiger partial charge in [-0.05, 0) is 42.3 Å². The zero-order valence-electron chi connectivity index (χ0n) is 15.4. The number of aromatic hydroxyl groups is 2. The van der Waals surface area contributed by atoms with Crippen LogP contribution < -0.4 is 4.74 Å². The summed E-state index contributed by atoms with van der Waals surface area (Å²) in [5.74, 6) is 1.07. The van der Waals surface area contributed by atoms with E-state index in [0.717, 1.165) is 11.1 Å². The van der Waals surface area contributed by atoms with Gasteiger partial charge < -0.3 is 14.9 Å². The molecular weight excluding hydrogens is 300 g/mol. The van der Waals surface area contributed by atoms with Crippen molar-refractivity contribution in [2.75, 3.05) is 6.61 Å². The molecule has 0 fully saturated rings. The molecule has 0 atom stereocenters. The third-order valence-electron chi connectivity index (χ3n) is 2.59. The van der Waals surface area contributed by atoms with Gasteiger partial charge in [-0.25, -0.2) is 0 Å². The number of rotatable bonds is 4. The Bertz CT molecular complexity index is 587. The molecule has 0 bridgehead atoms. The number of ether oxygens (including phenoxy) is 1. The second kappa shape index (κ2) is 13.1. The molecule has 0 aliphatic carbocycles. The lowest BCUT2D eigenvalue weighted by molar-refractivity contribution is 0.337. The Hall–Kier alpha value is -2.42. The van der Waals surface area contributed by atoms with Crippen molar-refractivity contribution in [1.29, 1.82) is 0 Å². The summed E-state index contributed by atoms with van der Waals surface area (Å²) in [5, 5.41) is 18.8. The van der Waals surface area contributed by atoms with Crippen molar-refractivity contribution in [3.63, 3.8) is 0 Å². The average Bonchev–Trinajstić information content (AvgIpc) is 2.57. The molecule has 132 valence electrons. The van der Waals surface area contributed by atoms with E-state index in [1.165, 1.54) is 6.42 Å². The van der Waals surface area contributed by atoms with Gasteiger partial charge in [-0.2, -0.15) is 0 Å². The predicted octanol–water partition coefficient (Wildman–Crippen LogP) is 6.11. The molecule has 2 N–H and O–H groups in total. The second-order valence-corrected chi connectivity index (χ2v) is 4.83. The van der Waals surface area contributed by atoms with Crippen molar-refractivity contribution in [3.05, 3.63) is 53.6 Å². The Balaban J connectivity index is 0.000000952. The highest BCUT2D eigenvalue weighted by Gasteiger charge is 1.98. The smallest absolute Gasteiger partial charge is 0.123 e. The molecule has 0 aliphatic heterocycles.